The SMILES string of the molecule is CCc1cccc(-c2cnn(C)c2)c1N(C)S(C)(=O)=O. The number of para-hydroxylation sites is 1. The maximum atomic E-state index is 11.9. The van der Waals surface area contributed by atoms with Crippen molar-refractivity contribution in [2.45, 2.75) is 13.3 Å². The average Bonchev–Trinajstić information content (AvgIpc) is 2.82. The number of aromatic nitrogens is 2. The Morgan fingerprint density at radius 3 is 2.55 bits per heavy atom. The standard InChI is InChI=1S/C14H19N3O2S/c1-5-11-7-6-8-13(12-9-15-16(2)10-12)14(11)17(3)20(4,18)19/h6-10H,5H2,1-4H3. The number of benzene rings is 1. The average molecular weight is 293 g/mol. The van der Waals surface area contributed by atoms with E-state index in [2.05, 4.69) is 5.10 Å². The van der Waals surface area contributed by atoms with Crippen LogP contribution in [-0.2, 0) is 23.5 Å². The van der Waals surface area contributed by atoms with Crippen LogP contribution in [0.5, 0.6) is 0 Å². The molecule has 6 heteroatoms. The van der Waals surface area contributed by atoms with Crippen molar-refractivity contribution in [2.24, 2.45) is 7.05 Å². The second kappa shape index (κ2) is 5.28. The summed E-state index contributed by atoms with van der Waals surface area (Å²) in [6.45, 7) is 2.02. The predicted octanol–water partition coefficient (Wildman–Crippen LogP) is 2.05. The van der Waals surface area contributed by atoms with Crippen molar-refractivity contribution in [3.8, 4) is 11.1 Å². The molecule has 0 radical (unpaired) electrons. The van der Waals surface area contributed by atoms with E-state index in [1.165, 1.54) is 10.6 Å². The summed E-state index contributed by atoms with van der Waals surface area (Å²) in [6.07, 6.45) is 5.61. The lowest BCUT2D eigenvalue weighted by Crippen LogP contribution is -2.26. The molecule has 5 nitrogen and oxygen atoms in total. The first-order chi connectivity index (χ1) is 9.34. The molecule has 1 aromatic heterocycles. The predicted molar refractivity (Wildman–Crippen MR) is 81.3 cm³/mol. The van der Waals surface area contributed by atoms with Gasteiger partial charge in [0.25, 0.3) is 0 Å². The van der Waals surface area contributed by atoms with Crippen molar-refractivity contribution in [3.05, 3.63) is 36.2 Å². The third-order valence-electron chi connectivity index (χ3n) is 3.33. The van der Waals surface area contributed by atoms with Gasteiger partial charge in [0.15, 0.2) is 0 Å². The van der Waals surface area contributed by atoms with Gasteiger partial charge in [-0.3, -0.25) is 8.99 Å². The van der Waals surface area contributed by atoms with Crippen LogP contribution in [-0.4, -0.2) is 31.5 Å². The zero-order chi connectivity index (χ0) is 14.9. The molecule has 0 spiro atoms. The Kier molecular flexibility index (Phi) is 3.85. The quantitative estimate of drug-likeness (QED) is 0.867. The van der Waals surface area contributed by atoms with Crippen LogP contribution < -0.4 is 4.31 Å². The Bertz CT molecular complexity index is 720. The highest BCUT2D eigenvalue weighted by atomic mass is 32.2. The summed E-state index contributed by atoms with van der Waals surface area (Å²) in [4.78, 5) is 0. The molecule has 0 bridgehead atoms. The molecule has 0 unspecified atom stereocenters. The Hall–Kier alpha value is -1.82. The molecule has 108 valence electrons. The van der Waals surface area contributed by atoms with Gasteiger partial charge in [0.1, 0.15) is 0 Å². The molecule has 0 aliphatic heterocycles. The molecule has 0 atom stereocenters. The fraction of sp³-hybridized carbons (Fsp3) is 0.357. The molecule has 2 rings (SSSR count). The van der Waals surface area contributed by atoms with Gasteiger partial charge in [-0.05, 0) is 12.0 Å². The van der Waals surface area contributed by atoms with E-state index < -0.39 is 10.0 Å². The topological polar surface area (TPSA) is 55.2 Å². The Morgan fingerprint density at radius 2 is 2.05 bits per heavy atom. The van der Waals surface area contributed by atoms with Crippen LogP contribution in [0.15, 0.2) is 30.6 Å². The summed E-state index contributed by atoms with van der Waals surface area (Å²) in [5, 5.41) is 4.16. The number of anilines is 1. The highest BCUT2D eigenvalue weighted by Crippen LogP contribution is 2.34. The van der Waals surface area contributed by atoms with Gasteiger partial charge in [-0.1, -0.05) is 25.1 Å². The van der Waals surface area contributed by atoms with Crippen molar-refractivity contribution < 1.29 is 8.42 Å². The Balaban J connectivity index is 2.69. The molecule has 0 saturated carbocycles. The van der Waals surface area contributed by atoms with Crippen LogP contribution in [0, 0.1) is 0 Å². The van der Waals surface area contributed by atoms with Crippen LogP contribution in [0.4, 0.5) is 5.69 Å². The van der Waals surface area contributed by atoms with Crippen LogP contribution in [0.1, 0.15) is 12.5 Å². The van der Waals surface area contributed by atoms with Crippen molar-refractivity contribution in [2.75, 3.05) is 17.6 Å². The minimum atomic E-state index is -3.31. The van der Waals surface area contributed by atoms with Gasteiger partial charge >= 0.3 is 0 Å². The zero-order valence-corrected chi connectivity index (χ0v) is 13.0. The van der Waals surface area contributed by atoms with E-state index in [-0.39, 0.29) is 0 Å². The molecule has 0 aliphatic carbocycles. The van der Waals surface area contributed by atoms with Crippen LogP contribution in [0.3, 0.4) is 0 Å². The number of aryl methyl sites for hydroxylation is 2. The van der Waals surface area contributed by atoms with Crippen LogP contribution in [0.2, 0.25) is 0 Å². The lowest BCUT2D eigenvalue weighted by molar-refractivity contribution is 0.600. The molecular formula is C14H19N3O2S. The molecule has 0 saturated heterocycles. The fourth-order valence-corrected chi connectivity index (χ4v) is 2.75. The highest BCUT2D eigenvalue weighted by Gasteiger charge is 2.20. The van der Waals surface area contributed by atoms with Crippen molar-refractivity contribution in [1.29, 1.82) is 0 Å². The van der Waals surface area contributed by atoms with E-state index >= 15 is 0 Å². The minimum absolute atomic E-state index is 0.727. The van der Waals surface area contributed by atoms with Gasteiger partial charge in [0.05, 0.1) is 18.1 Å². The monoisotopic (exact) mass is 293 g/mol. The summed E-state index contributed by atoms with van der Waals surface area (Å²) in [5.74, 6) is 0. The second-order valence-electron chi connectivity index (χ2n) is 4.80. The molecule has 0 aliphatic rings. The number of nitrogens with zero attached hydrogens (tertiary/aromatic N) is 3. The summed E-state index contributed by atoms with van der Waals surface area (Å²) in [7, 11) is 0.121. The number of hydrogen-bond donors (Lipinski definition) is 0. The summed E-state index contributed by atoms with van der Waals surface area (Å²) < 4.78 is 26.8. The Morgan fingerprint density at radius 1 is 1.35 bits per heavy atom. The van der Waals surface area contributed by atoms with Gasteiger partial charge in [-0.2, -0.15) is 5.10 Å². The van der Waals surface area contributed by atoms with Crippen molar-refractivity contribution >= 4 is 15.7 Å². The van der Waals surface area contributed by atoms with Crippen molar-refractivity contribution in [1.82, 2.24) is 9.78 Å². The summed E-state index contributed by atoms with van der Waals surface area (Å²) in [6, 6.07) is 5.82. The Labute approximate surface area is 119 Å². The smallest absolute Gasteiger partial charge is 0.232 e. The molecule has 1 aromatic carbocycles. The van der Waals surface area contributed by atoms with Gasteiger partial charge in [0.2, 0.25) is 10.0 Å². The van der Waals surface area contributed by atoms with Gasteiger partial charge < -0.3 is 0 Å². The van der Waals surface area contributed by atoms with E-state index in [0.29, 0.717) is 0 Å². The first-order valence-electron chi connectivity index (χ1n) is 6.39. The minimum Gasteiger partial charge on any atom is -0.275 e. The third kappa shape index (κ3) is 2.70. The maximum absolute atomic E-state index is 11.9. The van der Waals surface area contributed by atoms with Gasteiger partial charge in [0, 0.05) is 31.4 Å². The van der Waals surface area contributed by atoms with E-state index in [4.69, 9.17) is 0 Å². The first kappa shape index (κ1) is 14.6. The molecule has 20 heavy (non-hydrogen) atoms. The number of sulfonamides is 1. The van der Waals surface area contributed by atoms with Crippen molar-refractivity contribution in [3.63, 3.8) is 0 Å². The zero-order valence-electron chi connectivity index (χ0n) is 12.2. The van der Waals surface area contributed by atoms with Crippen LogP contribution >= 0.6 is 0 Å². The molecule has 0 fully saturated rings. The van der Waals surface area contributed by atoms with Gasteiger partial charge in [-0.25, -0.2) is 8.42 Å². The normalized spacial score (nSPS) is 11.6. The van der Waals surface area contributed by atoms with Gasteiger partial charge in [-0.15, -0.1) is 0 Å². The highest BCUT2D eigenvalue weighted by molar-refractivity contribution is 7.92. The second-order valence-corrected chi connectivity index (χ2v) is 6.81. The van der Waals surface area contributed by atoms with E-state index in [0.717, 1.165) is 28.8 Å². The first-order valence-corrected chi connectivity index (χ1v) is 8.24. The van der Waals surface area contributed by atoms with Crippen LogP contribution in [0.25, 0.3) is 11.1 Å². The molecule has 1 heterocycles. The van der Waals surface area contributed by atoms with E-state index in [1.807, 2.05) is 38.4 Å². The number of rotatable bonds is 4. The molecule has 0 N–H and O–H groups in total. The lowest BCUT2D eigenvalue weighted by Gasteiger charge is -2.23. The molecular weight excluding hydrogens is 274 g/mol. The lowest BCUT2D eigenvalue weighted by atomic mass is 10.0. The number of hydrogen-bond acceptors (Lipinski definition) is 3. The molecule has 2 aromatic rings. The molecule has 0 amide bonds. The summed E-state index contributed by atoms with van der Waals surface area (Å²) >= 11 is 0. The third-order valence-corrected chi connectivity index (χ3v) is 4.51. The van der Waals surface area contributed by atoms with E-state index in [9.17, 15) is 8.42 Å². The summed E-state index contributed by atoms with van der Waals surface area (Å²) in [5.41, 5.74) is 3.52. The maximum Gasteiger partial charge on any atom is 0.232 e. The largest absolute Gasteiger partial charge is 0.275 e. The fourth-order valence-electron chi connectivity index (χ4n) is 2.21. The van der Waals surface area contributed by atoms with E-state index in [1.54, 1.807) is 17.9 Å².